The highest BCUT2D eigenvalue weighted by atomic mass is 16.2. The van der Waals surface area contributed by atoms with Crippen LogP contribution in [0.1, 0.15) is 60.8 Å². The molecule has 0 aromatic heterocycles. The Bertz CT molecular complexity index is 1310. The van der Waals surface area contributed by atoms with Gasteiger partial charge in [0.25, 0.3) is 0 Å². The highest BCUT2D eigenvalue weighted by molar-refractivity contribution is 5.96. The minimum atomic E-state index is -1.23. The molecule has 0 rings (SSSR count). The lowest BCUT2D eigenvalue weighted by Crippen LogP contribution is -2.58. The molecular formula is C30H54N12O10. The molecule has 0 saturated carbocycles. The maximum absolute atomic E-state index is 13.3. The van der Waals surface area contributed by atoms with Crippen molar-refractivity contribution in [2.24, 2.45) is 17.2 Å². The van der Waals surface area contributed by atoms with Gasteiger partial charge in [-0.2, -0.15) is 0 Å². The highest BCUT2D eigenvalue weighted by Gasteiger charge is 2.29. The van der Waals surface area contributed by atoms with E-state index in [-0.39, 0.29) is 39.0 Å². The van der Waals surface area contributed by atoms with Crippen LogP contribution in [0.25, 0.3) is 0 Å². The average molecular weight is 743 g/mol. The number of amides is 10. The summed E-state index contributed by atoms with van der Waals surface area (Å²) in [4.78, 5) is 122. The van der Waals surface area contributed by atoms with Gasteiger partial charge in [0.1, 0.15) is 36.3 Å². The first-order valence-electron chi connectivity index (χ1n) is 16.6. The summed E-state index contributed by atoms with van der Waals surface area (Å²) in [5, 5.41) is 21.7. The van der Waals surface area contributed by atoms with Crippen molar-refractivity contribution in [1.29, 1.82) is 0 Å². The standard InChI is InChI=1S/C30H54N12O10/c1-14(32)25(47)38-16(3)27(49)40-19(6)29(51)42-20(9-7-8-10-34-22(44)12-36-23(45)13-35-21(43)11-31)30(52)41-18(5)28(50)39-17(4)26(48)37-15(2)24(33)46/h14-20H,7-13,31-32H2,1-6H3,(H2,33,46)(H,34,44)(H,35,43)(H,36,45)(H,37,48)(H,38,47)(H,39,50)(H,40,49)(H,41,52)(H,42,51)/t14-,15-,16-,17-,18-,19-,20-/m0/s1. The number of carbonyl (C=O) groups is 10. The first-order valence-corrected chi connectivity index (χ1v) is 16.6. The van der Waals surface area contributed by atoms with Gasteiger partial charge in [-0.15, -0.1) is 0 Å². The number of primary amides is 1. The van der Waals surface area contributed by atoms with Gasteiger partial charge in [0, 0.05) is 6.54 Å². The quantitative estimate of drug-likeness (QED) is 0.0435. The third-order valence-electron chi connectivity index (χ3n) is 7.16. The van der Waals surface area contributed by atoms with Crippen LogP contribution in [0, 0.1) is 0 Å². The number of nitrogens with two attached hydrogens (primary N) is 3. The third-order valence-corrected chi connectivity index (χ3v) is 7.16. The van der Waals surface area contributed by atoms with Crippen LogP contribution in [0.5, 0.6) is 0 Å². The summed E-state index contributed by atoms with van der Waals surface area (Å²) in [7, 11) is 0. The number of nitrogens with one attached hydrogen (secondary N) is 9. The Labute approximate surface area is 301 Å². The fourth-order valence-corrected chi connectivity index (χ4v) is 3.83. The number of unbranched alkanes of at least 4 members (excludes halogenated alkanes) is 1. The van der Waals surface area contributed by atoms with Gasteiger partial charge in [-0.25, -0.2) is 0 Å². The fourth-order valence-electron chi connectivity index (χ4n) is 3.83. The van der Waals surface area contributed by atoms with Gasteiger partial charge in [0.15, 0.2) is 0 Å². The molecule has 0 aliphatic carbocycles. The van der Waals surface area contributed by atoms with Crippen LogP contribution >= 0.6 is 0 Å². The van der Waals surface area contributed by atoms with E-state index in [1.54, 1.807) is 0 Å². The van der Waals surface area contributed by atoms with Crippen molar-refractivity contribution in [1.82, 2.24) is 47.9 Å². The molecule has 52 heavy (non-hydrogen) atoms. The molecule has 0 aromatic rings. The number of rotatable bonds is 23. The third kappa shape index (κ3) is 19.1. The molecule has 0 spiro atoms. The first-order chi connectivity index (χ1) is 24.2. The summed E-state index contributed by atoms with van der Waals surface area (Å²) in [6, 6.07) is -7.59. The van der Waals surface area contributed by atoms with Crippen molar-refractivity contribution in [3.63, 3.8) is 0 Å². The Kier molecular flexibility index (Phi) is 21.4. The van der Waals surface area contributed by atoms with Crippen LogP contribution < -0.4 is 65.1 Å². The van der Waals surface area contributed by atoms with E-state index in [1.807, 2.05) is 0 Å². The smallest absolute Gasteiger partial charge is 0.243 e. The topological polar surface area (TPSA) is 357 Å². The van der Waals surface area contributed by atoms with E-state index in [1.165, 1.54) is 41.5 Å². The van der Waals surface area contributed by atoms with E-state index in [4.69, 9.17) is 17.2 Å². The Balaban J connectivity index is 5.37. The second-order valence-electron chi connectivity index (χ2n) is 12.0. The van der Waals surface area contributed by atoms with Crippen LogP contribution in [0.3, 0.4) is 0 Å². The van der Waals surface area contributed by atoms with E-state index in [0.29, 0.717) is 6.42 Å². The monoisotopic (exact) mass is 742 g/mol. The molecule has 10 amide bonds. The first kappa shape index (κ1) is 46.6. The van der Waals surface area contributed by atoms with Gasteiger partial charge < -0.3 is 65.1 Å². The lowest BCUT2D eigenvalue weighted by atomic mass is 10.1. The molecule has 0 radical (unpaired) electrons. The van der Waals surface area contributed by atoms with Gasteiger partial charge in [0.05, 0.1) is 25.7 Å². The van der Waals surface area contributed by atoms with E-state index in [2.05, 4.69) is 47.9 Å². The molecule has 0 unspecified atom stereocenters. The van der Waals surface area contributed by atoms with E-state index in [9.17, 15) is 47.9 Å². The zero-order chi connectivity index (χ0) is 40.1. The van der Waals surface area contributed by atoms with E-state index < -0.39 is 101 Å². The number of carbonyl (C=O) groups excluding carboxylic acids is 10. The summed E-state index contributed by atoms with van der Waals surface area (Å²) < 4.78 is 0. The van der Waals surface area contributed by atoms with Gasteiger partial charge in [-0.05, 0) is 60.8 Å². The molecule has 0 aliphatic heterocycles. The molecular weight excluding hydrogens is 688 g/mol. The molecule has 22 nitrogen and oxygen atoms in total. The van der Waals surface area contributed by atoms with Gasteiger partial charge in [-0.1, -0.05) is 0 Å². The molecule has 0 fully saturated rings. The summed E-state index contributed by atoms with van der Waals surface area (Å²) in [5.74, 6) is -6.73. The molecule has 0 saturated heterocycles. The van der Waals surface area contributed by atoms with Gasteiger partial charge in [-0.3, -0.25) is 47.9 Å². The molecule has 7 atom stereocenters. The zero-order valence-electron chi connectivity index (χ0n) is 30.3. The lowest BCUT2D eigenvalue weighted by Gasteiger charge is -2.24. The van der Waals surface area contributed by atoms with Crippen molar-refractivity contribution >= 4 is 59.1 Å². The minimum Gasteiger partial charge on any atom is -0.368 e. The second-order valence-corrected chi connectivity index (χ2v) is 12.0. The predicted octanol–water partition coefficient (Wildman–Crippen LogP) is -6.70. The summed E-state index contributed by atoms with van der Waals surface area (Å²) in [5.41, 5.74) is 15.8. The van der Waals surface area contributed by atoms with Gasteiger partial charge >= 0.3 is 0 Å². The molecule has 0 aromatic carbocycles. The normalized spacial score (nSPS) is 14.6. The summed E-state index contributed by atoms with van der Waals surface area (Å²) >= 11 is 0. The van der Waals surface area contributed by atoms with Crippen LogP contribution in [-0.4, -0.2) is 128 Å². The van der Waals surface area contributed by atoms with Crippen LogP contribution in [0.4, 0.5) is 0 Å². The Morgan fingerprint density at radius 2 is 0.865 bits per heavy atom. The van der Waals surface area contributed by atoms with E-state index in [0.717, 1.165) is 0 Å². The molecule has 0 bridgehead atoms. The van der Waals surface area contributed by atoms with Gasteiger partial charge in [0.2, 0.25) is 59.1 Å². The van der Waals surface area contributed by atoms with Crippen molar-refractivity contribution in [2.45, 2.75) is 103 Å². The maximum atomic E-state index is 13.3. The minimum absolute atomic E-state index is 0.0185. The summed E-state index contributed by atoms with van der Waals surface area (Å²) in [6.45, 7) is 7.35. The zero-order valence-corrected chi connectivity index (χ0v) is 30.3. The molecule has 15 N–H and O–H groups in total. The fraction of sp³-hybridized carbons (Fsp3) is 0.667. The SMILES string of the molecule is C[C@H](N)C(=O)N[C@@H](C)C(=O)N[C@@H](C)C(=O)N[C@@H](CCCCNC(=O)CNC(=O)CNC(=O)CN)C(=O)N[C@@H](C)C(=O)N[C@@H](C)C(=O)N[C@@H](C)C(N)=O. The molecule has 0 aliphatic rings. The Morgan fingerprint density at radius 1 is 0.481 bits per heavy atom. The predicted molar refractivity (Wildman–Crippen MR) is 185 cm³/mol. The maximum Gasteiger partial charge on any atom is 0.243 e. The number of hydrogen-bond acceptors (Lipinski definition) is 12. The summed E-state index contributed by atoms with van der Waals surface area (Å²) in [6.07, 6.45) is 0.610. The van der Waals surface area contributed by atoms with Crippen LogP contribution in [0.15, 0.2) is 0 Å². The Hall–Kier alpha value is -5.38. The average Bonchev–Trinajstić information content (AvgIpc) is 3.07. The van der Waals surface area contributed by atoms with Crippen molar-refractivity contribution in [3.05, 3.63) is 0 Å². The van der Waals surface area contributed by atoms with Crippen molar-refractivity contribution < 1.29 is 47.9 Å². The van der Waals surface area contributed by atoms with Crippen molar-refractivity contribution in [3.8, 4) is 0 Å². The van der Waals surface area contributed by atoms with Crippen LogP contribution in [-0.2, 0) is 47.9 Å². The van der Waals surface area contributed by atoms with E-state index >= 15 is 0 Å². The highest BCUT2D eigenvalue weighted by Crippen LogP contribution is 2.04. The number of hydrogen-bond donors (Lipinski definition) is 12. The van der Waals surface area contributed by atoms with Crippen molar-refractivity contribution in [2.75, 3.05) is 26.2 Å². The Morgan fingerprint density at radius 3 is 1.31 bits per heavy atom. The molecule has 294 valence electrons. The molecule has 0 heterocycles. The van der Waals surface area contributed by atoms with Crippen LogP contribution in [0.2, 0.25) is 0 Å². The second kappa shape index (κ2) is 23.9. The largest absolute Gasteiger partial charge is 0.368 e. The molecule has 22 heteroatoms. The lowest BCUT2D eigenvalue weighted by molar-refractivity contribution is -0.135.